The van der Waals surface area contributed by atoms with Crippen molar-refractivity contribution < 1.29 is 17.9 Å². The van der Waals surface area contributed by atoms with E-state index in [2.05, 4.69) is 15.6 Å². The fraction of sp³-hybridized carbons (Fsp3) is 0.588. The van der Waals surface area contributed by atoms with Crippen LogP contribution in [0.5, 0.6) is 5.75 Å². The van der Waals surface area contributed by atoms with Gasteiger partial charge in [0.15, 0.2) is 5.96 Å². The highest BCUT2D eigenvalue weighted by atomic mass is 35.5. The number of alkyl halides is 3. The Hall–Kier alpha value is -1.63. The number of nitrogens with zero attached hydrogens (tertiary/aromatic N) is 1. The van der Waals surface area contributed by atoms with Gasteiger partial charge in [-0.15, -0.1) is 0 Å². The highest BCUT2D eigenvalue weighted by molar-refractivity contribution is 6.30. The van der Waals surface area contributed by atoms with Gasteiger partial charge in [-0.2, -0.15) is 13.2 Å². The molecule has 0 heterocycles. The normalized spacial score (nSPS) is 21.8. The number of hydrogen-bond donors (Lipinski definition) is 2. The first kappa shape index (κ1) is 19.7. The van der Waals surface area contributed by atoms with Gasteiger partial charge in [0.2, 0.25) is 0 Å². The summed E-state index contributed by atoms with van der Waals surface area (Å²) in [5.41, 5.74) is 0.881. The van der Waals surface area contributed by atoms with Crippen molar-refractivity contribution in [2.45, 2.75) is 44.4 Å². The minimum atomic E-state index is -4.13. The lowest BCUT2D eigenvalue weighted by molar-refractivity contribution is -0.183. The van der Waals surface area contributed by atoms with Crippen molar-refractivity contribution in [1.29, 1.82) is 0 Å². The summed E-state index contributed by atoms with van der Waals surface area (Å²) < 4.78 is 44.0. The quantitative estimate of drug-likeness (QED) is 0.612. The van der Waals surface area contributed by atoms with Crippen LogP contribution in [0.25, 0.3) is 0 Å². The van der Waals surface area contributed by atoms with Gasteiger partial charge in [-0.1, -0.05) is 24.1 Å². The molecular weight excluding hydrogens is 355 g/mol. The average molecular weight is 378 g/mol. The smallest absolute Gasteiger partial charge is 0.391 e. The molecular formula is C17H23ClF3N3O. The second kappa shape index (κ2) is 8.65. The Balaban J connectivity index is 1.93. The molecule has 0 saturated heterocycles. The molecule has 0 bridgehead atoms. The van der Waals surface area contributed by atoms with Gasteiger partial charge in [0, 0.05) is 30.2 Å². The molecule has 2 rings (SSSR count). The van der Waals surface area contributed by atoms with E-state index >= 15 is 0 Å². The Kier molecular flexibility index (Phi) is 6.81. The van der Waals surface area contributed by atoms with Gasteiger partial charge < -0.3 is 15.4 Å². The van der Waals surface area contributed by atoms with Gasteiger partial charge >= 0.3 is 6.18 Å². The van der Waals surface area contributed by atoms with E-state index in [1.807, 2.05) is 6.07 Å². The number of guanidine groups is 1. The van der Waals surface area contributed by atoms with E-state index < -0.39 is 12.1 Å². The summed E-state index contributed by atoms with van der Waals surface area (Å²) in [4.78, 5) is 4.10. The first-order valence-electron chi connectivity index (χ1n) is 8.19. The van der Waals surface area contributed by atoms with Gasteiger partial charge in [0.1, 0.15) is 5.75 Å². The lowest BCUT2D eigenvalue weighted by Crippen LogP contribution is -2.46. The number of aliphatic imine (C=N–C) groups is 1. The van der Waals surface area contributed by atoms with Crippen molar-refractivity contribution in [1.82, 2.24) is 10.6 Å². The lowest BCUT2D eigenvalue weighted by atomic mass is 9.85. The van der Waals surface area contributed by atoms with Crippen LogP contribution in [0.3, 0.4) is 0 Å². The molecule has 0 aromatic heterocycles. The second-order valence-electron chi connectivity index (χ2n) is 6.13. The molecule has 140 valence electrons. The molecule has 0 spiro atoms. The van der Waals surface area contributed by atoms with Crippen LogP contribution in [0.1, 0.15) is 31.2 Å². The fourth-order valence-electron chi connectivity index (χ4n) is 3.05. The molecule has 1 aliphatic carbocycles. The van der Waals surface area contributed by atoms with Gasteiger partial charge in [0.05, 0.1) is 13.0 Å². The van der Waals surface area contributed by atoms with Crippen LogP contribution in [0.15, 0.2) is 23.2 Å². The SMILES string of the molecule is CN=C(NCc1ccc(Cl)cc1OC)NC1CCCC(C(F)(F)F)C1. The van der Waals surface area contributed by atoms with Gasteiger partial charge in [-0.05, 0) is 31.4 Å². The highest BCUT2D eigenvalue weighted by Gasteiger charge is 2.42. The number of halogens is 4. The Labute approximate surface area is 150 Å². The van der Waals surface area contributed by atoms with Crippen LogP contribution in [-0.2, 0) is 6.54 Å². The number of methoxy groups -OCH3 is 1. The third-order valence-corrected chi connectivity index (χ3v) is 4.63. The molecule has 2 atom stereocenters. The Morgan fingerprint density at radius 2 is 2.12 bits per heavy atom. The van der Waals surface area contributed by atoms with Crippen LogP contribution in [-0.4, -0.2) is 32.3 Å². The first-order valence-corrected chi connectivity index (χ1v) is 8.57. The molecule has 1 aromatic rings. The maximum atomic E-state index is 12.9. The molecule has 1 aliphatic rings. The van der Waals surface area contributed by atoms with Crippen molar-refractivity contribution in [3.05, 3.63) is 28.8 Å². The Morgan fingerprint density at radius 1 is 1.36 bits per heavy atom. The molecule has 1 aromatic carbocycles. The van der Waals surface area contributed by atoms with E-state index in [1.54, 1.807) is 26.3 Å². The van der Waals surface area contributed by atoms with Gasteiger partial charge in [-0.3, -0.25) is 4.99 Å². The molecule has 0 aliphatic heterocycles. The summed E-state index contributed by atoms with van der Waals surface area (Å²) in [6, 6.07) is 5.07. The molecule has 2 unspecified atom stereocenters. The van der Waals surface area contributed by atoms with Crippen molar-refractivity contribution in [3.63, 3.8) is 0 Å². The number of benzene rings is 1. The Bertz CT molecular complexity index is 607. The zero-order valence-electron chi connectivity index (χ0n) is 14.3. The molecule has 25 heavy (non-hydrogen) atoms. The highest BCUT2D eigenvalue weighted by Crippen LogP contribution is 2.37. The van der Waals surface area contributed by atoms with E-state index in [0.717, 1.165) is 5.56 Å². The minimum Gasteiger partial charge on any atom is -0.496 e. The molecule has 1 saturated carbocycles. The van der Waals surface area contributed by atoms with Crippen molar-refractivity contribution >= 4 is 17.6 Å². The zero-order valence-corrected chi connectivity index (χ0v) is 15.0. The molecule has 2 N–H and O–H groups in total. The van der Waals surface area contributed by atoms with Crippen molar-refractivity contribution in [3.8, 4) is 5.75 Å². The van der Waals surface area contributed by atoms with Crippen LogP contribution in [0.4, 0.5) is 13.2 Å². The molecule has 8 heteroatoms. The predicted octanol–water partition coefficient (Wildman–Crippen LogP) is 4.13. The topological polar surface area (TPSA) is 45.7 Å². The van der Waals surface area contributed by atoms with Crippen LogP contribution in [0, 0.1) is 5.92 Å². The molecule has 4 nitrogen and oxygen atoms in total. The van der Waals surface area contributed by atoms with E-state index in [-0.39, 0.29) is 18.9 Å². The average Bonchev–Trinajstić information content (AvgIpc) is 2.58. The number of rotatable bonds is 4. The van der Waals surface area contributed by atoms with Crippen molar-refractivity contribution in [2.24, 2.45) is 10.9 Å². The largest absolute Gasteiger partial charge is 0.496 e. The fourth-order valence-corrected chi connectivity index (χ4v) is 3.21. The van der Waals surface area contributed by atoms with Gasteiger partial charge in [0.25, 0.3) is 0 Å². The zero-order chi connectivity index (χ0) is 18.4. The molecule has 1 fully saturated rings. The van der Waals surface area contributed by atoms with Crippen LogP contribution < -0.4 is 15.4 Å². The maximum Gasteiger partial charge on any atom is 0.391 e. The predicted molar refractivity (Wildman–Crippen MR) is 93.1 cm³/mol. The monoisotopic (exact) mass is 377 g/mol. The summed E-state index contributed by atoms with van der Waals surface area (Å²) >= 11 is 5.94. The first-order chi connectivity index (χ1) is 11.8. The summed E-state index contributed by atoms with van der Waals surface area (Å²) in [6.45, 7) is 0.426. The third kappa shape index (κ3) is 5.70. The summed E-state index contributed by atoms with van der Waals surface area (Å²) in [5, 5.41) is 6.79. The second-order valence-corrected chi connectivity index (χ2v) is 6.56. The summed E-state index contributed by atoms with van der Waals surface area (Å²) in [7, 11) is 3.15. The van der Waals surface area contributed by atoms with E-state index in [0.29, 0.717) is 36.1 Å². The molecule has 0 amide bonds. The number of hydrogen-bond acceptors (Lipinski definition) is 2. The van der Waals surface area contributed by atoms with Crippen LogP contribution in [0.2, 0.25) is 5.02 Å². The number of nitrogens with one attached hydrogen (secondary N) is 2. The summed E-state index contributed by atoms with van der Waals surface area (Å²) in [6.07, 6.45) is -2.58. The standard InChI is InChI=1S/C17H23ClF3N3O/c1-22-16(23-10-11-6-7-13(18)9-15(11)25-2)24-14-5-3-4-12(8-14)17(19,20)21/h6-7,9,12,14H,3-5,8,10H2,1-2H3,(H2,22,23,24). The van der Waals surface area contributed by atoms with Crippen LogP contribution >= 0.6 is 11.6 Å². The maximum absolute atomic E-state index is 12.9. The van der Waals surface area contributed by atoms with E-state index in [9.17, 15) is 13.2 Å². The minimum absolute atomic E-state index is 0.0778. The van der Waals surface area contributed by atoms with E-state index in [4.69, 9.17) is 16.3 Å². The molecule has 0 radical (unpaired) electrons. The lowest BCUT2D eigenvalue weighted by Gasteiger charge is -2.32. The van der Waals surface area contributed by atoms with Gasteiger partial charge in [-0.25, -0.2) is 0 Å². The number of ether oxygens (including phenoxy) is 1. The Morgan fingerprint density at radius 3 is 2.76 bits per heavy atom. The van der Waals surface area contributed by atoms with Crippen molar-refractivity contribution in [2.75, 3.05) is 14.2 Å². The van der Waals surface area contributed by atoms with E-state index in [1.165, 1.54) is 0 Å². The summed E-state index contributed by atoms with van der Waals surface area (Å²) in [5.74, 6) is -0.122. The third-order valence-electron chi connectivity index (χ3n) is 4.40.